The normalized spacial score (nSPS) is 13.8. The molecule has 150 valence electrons. The Morgan fingerprint density at radius 2 is 1.93 bits per heavy atom. The molecule has 1 aliphatic rings. The summed E-state index contributed by atoms with van der Waals surface area (Å²) in [4.78, 5) is 16.1. The Balaban J connectivity index is 1.58. The van der Waals surface area contributed by atoms with Crippen LogP contribution >= 0.6 is 0 Å². The van der Waals surface area contributed by atoms with Gasteiger partial charge >= 0.3 is 0 Å². The first-order valence-electron chi connectivity index (χ1n) is 9.56. The summed E-state index contributed by atoms with van der Waals surface area (Å²) >= 11 is 0. The number of fused-ring (bicyclic) bond motifs is 1. The van der Waals surface area contributed by atoms with E-state index >= 15 is 0 Å². The summed E-state index contributed by atoms with van der Waals surface area (Å²) in [5.41, 5.74) is 2.93. The second kappa shape index (κ2) is 8.86. The van der Waals surface area contributed by atoms with E-state index in [0.29, 0.717) is 32.5 Å². The molecule has 1 aliphatic heterocycles. The molecule has 0 bridgehead atoms. The van der Waals surface area contributed by atoms with Gasteiger partial charge in [-0.1, -0.05) is 37.3 Å². The third kappa shape index (κ3) is 4.79. The molecule has 28 heavy (non-hydrogen) atoms. The van der Waals surface area contributed by atoms with Crippen molar-refractivity contribution in [3.8, 4) is 0 Å². The number of carbonyl (C=O) groups excluding carboxylic acids is 1. The molecule has 0 fully saturated rings. The van der Waals surface area contributed by atoms with Crippen LogP contribution in [0.15, 0.2) is 53.4 Å². The molecule has 1 heterocycles. The molecule has 2 aromatic rings. The van der Waals surface area contributed by atoms with Crippen LogP contribution in [0, 0.1) is 0 Å². The third-order valence-corrected chi connectivity index (χ3v) is 6.40. The lowest BCUT2D eigenvalue weighted by atomic mass is 10.2. The van der Waals surface area contributed by atoms with Crippen molar-refractivity contribution >= 4 is 21.6 Å². The van der Waals surface area contributed by atoms with Gasteiger partial charge in [-0.3, -0.25) is 4.79 Å². The molecule has 0 saturated carbocycles. The van der Waals surface area contributed by atoms with Gasteiger partial charge in [-0.25, -0.2) is 13.1 Å². The summed E-state index contributed by atoms with van der Waals surface area (Å²) in [5.74, 6) is 0.0638. The summed E-state index contributed by atoms with van der Waals surface area (Å²) < 4.78 is 27.9. The van der Waals surface area contributed by atoms with Crippen molar-refractivity contribution < 1.29 is 13.2 Å². The number of likely N-dealkylation sites (N-methyl/N-ethyl adjacent to an activating group) is 1. The van der Waals surface area contributed by atoms with Gasteiger partial charge in [-0.15, -0.1) is 0 Å². The van der Waals surface area contributed by atoms with E-state index in [1.54, 1.807) is 23.1 Å². The van der Waals surface area contributed by atoms with E-state index in [4.69, 9.17) is 0 Å². The van der Waals surface area contributed by atoms with E-state index in [0.717, 1.165) is 17.8 Å². The minimum absolute atomic E-state index is 0.0638. The first-order valence-corrected chi connectivity index (χ1v) is 11.0. The number of nitrogens with one attached hydrogen (secondary N) is 1. The van der Waals surface area contributed by atoms with Gasteiger partial charge in [0, 0.05) is 38.3 Å². The first kappa shape index (κ1) is 20.5. The van der Waals surface area contributed by atoms with Crippen molar-refractivity contribution in [2.75, 3.05) is 31.6 Å². The van der Waals surface area contributed by atoms with Crippen molar-refractivity contribution in [3.63, 3.8) is 0 Å². The number of rotatable bonds is 8. The lowest BCUT2D eigenvalue weighted by Crippen LogP contribution is -2.32. The van der Waals surface area contributed by atoms with Gasteiger partial charge < -0.3 is 9.80 Å². The van der Waals surface area contributed by atoms with E-state index < -0.39 is 10.0 Å². The van der Waals surface area contributed by atoms with E-state index in [-0.39, 0.29) is 10.8 Å². The zero-order valence-electron chi connectivity index (χ0n) is 16.4. The highest BCUT2D eigenvalue weighted by molar-refractivity contribution is 7.89. The van der Waals surface area contributed by atoms with E-state index in [2.05, 4.69) is 21.8 Å². The van der Waals surface area contributed by atoms with Crippen LogP contribution in [0.5, 0.6) is 0 Å². The molecule has 1 N–H and O–H groups in total. The van der Waals surface area contributed by atoms with Crippen LogP contribution in [0.4, 0.5) is 5.69 Å². The average Bonchev–Trinajstić information content (AvgIpc) is 3.11. The number of hydrogen-bond acceptors (Lipinski definition) is 4. The molecule has 7 heteroatoms. The predicted octanol–water partition coefficient (Wildman–Crippen LogP) is 2.40. The smallest absolute Gasteiger partial charge is 0.240 e. The van der Waals surface area contributed by atoms with Crippen LogP contribution in [0.2, 0.25) is 0 Å². The molecule has 0 aliphatic carbocycles. The van der Waals surface area contributed by atoms with Gasteiger partial charge in [0.1, 0.15) is 0 Å². The van der Waals surface area contributed by atoms with Crippen molar-refractivity contribution in [3.05, 3.63) is 59.7 Å². The van der Waals surface area contributed by atoms with Crippen LogP contribution < -0.4 is 9.62 Å². The average molecular weight is 402 g/mol. The molecule has 0 unspecified atom stereocenters. The largest absolute Gasteiger partial charge is 0.312 e. The summed E-state index contributed by atoms with van der Waals surface area (Å²) in [6, 6.07) is 15.1. The summed E-state index contributed by atoms with van der Waals surface area (Å²) in [5, 5.41) is 0. The Hall–Kier alpha value is -2.22. The van der Waals surface area contributed by atoms with Crippen molar-refractivity contribution in [2.24, 2.45) is 0 Å². The van der Waals surface area contributed by atoms with Gasteiger partial charge in [0.15, 0.2) is 0 Å². The first-order chi connectivity index (χ1) is 13.4. The number of carbonyl (C=O) groups is 1. The molecule has 0 aromatic heterocycles. The molecule has 3 rings (SSSR count). The number of hydrogen-bond donors (Lipinski definition) is 1. The zero-order chi connectivity index (χ0) is 20.1. The van der Waals surface area contributed by atoms with Crippen LogP contribution in [0.25, 0.3) is 0 Å². The highest BCUT2D eigenvalue weighted by atomic mass is 32.2. The van der Waals surface area contributed by atoms with E-state index in [9.17, 15) is 13.2 Å². The Labute approximate surface area is 167 Å². The standard InChI is InChI=1S/C21H27N3O3S/c1-3-21(25)24-13-11-18-15-19(9-10-20(18)24)28(26,27)22-12-14-23(2)16-17-7-5-4-6-8-17/h4-10,15,22H,3,11-14,16H2,1-2H3. The van der Waals surface area contributed by atoms with Crippen molar-refractivity contribution in [1.82, 2.24) is 9.62 Å². The fourth-order valence-corrected chi connectivity index (χ4v) is 4.49. The van der Waals surface area contributed by atoms with Crippen LogP contribution in [-0.4, -0.2) is 45.9 Å². The molecular formula is C21H27N3O3S. The summed E-state index contributed by atoms with van der Waals surface area (Å²) in [6.07, 6.45) is 1.13. The lowest BCUT2D eigenvalue weighted by Gasteiger charge is -2.18. The van der Waals surface area contributed by atoms with Gasteiger partial charge in [0.25, 0.3) is 0 Å². The Morgan fingerprint density at radius 3 is 2.64 bits per heavy atom. The number of anilines is 1. The van der Waals surface area contributed by atoms with E-state index in [1.165, 1.54) is 5.56 Å². The number of amides is 1. The van der Waals surface area contributed by atoms with Crippen LogP contribution in [0.3, 0.4) is 0 Å². The topological polar surface area (TPSA) is 69.7 Å². The Morgan fingerprint density at radius 1 is 1.18 bits per heavy atom. The molecule has 2 aromatic carbocycles. The predicted molar refractivity (Wildman–Crippen MR) is 111 cm³/mol. The SMILES string of the molecule is CCC(=O)N1CCc2cc(S(=O)(=O)NCCN(C)Cc3ccccc3)ccc21. The molecular weight excluding hydrogens is 374 g/mol. The maximum Gasteiger partial charge on any atom is 0.240 e. The molecule has 0 spiro atoms. The highest BCUT2D eigenvalue weighted by Gasteiger charge is 2.25. The molecule has 1 amide bonds. The molecule has 6 nitrogen and oxygen atoms in total. The summed E-state index contributed by atoms with van der Waals surface area (Å²) in [6.45, 7) is 4.16. The van der Waals surface area contributed by atoms with Gasteiger partial charge in [-0.05, 0) is 42.8 Å². The number of benzene rings is 2. The minimum atomic E-state index is -3.57. The van der Waals surface area contributed by atoms with Crippen molar-refractivity contribution in [2.45, 2.75) is 31.2 Å². The number of sulfonamides is 1. The second-order valence-corrected chi connectivity index (χ2v) is 8.83. The minimum Gasteiger partial charge on any atom is -0.312 e. The molecule has 0 atom stereocenters. The second-order valence-electron chi connectivity index (χ2n) is 7.06. The third-order valence-electron chi connectivity index (χ3n) is 4.94. The monoisotopic (exact) mass is 401 g/mol. The molecule has 0 radical (unpaired) electrons. The summed E-state index contributed by atoms with van der Waals surface area (Å²) in [7, 11) is -1.61. The molecule has 0 saturated heterocycles. The lowest BCUT2D eigenvalue weighted by molar-refractivity contribution is -0.118. The van der Waals surface area contributed by atoms with Crippen LogP contribution in [-0.2, 0) is 27.8 Å². The zero-order valence-corrected chi connectivity index (χ0v) is 17.2. The number of nitrogens with zero attached hydrogens (tertiary/aromatic N) is 2. The van der Waals surface area contributed by atoms with Gasteiger partial charge in [-0.2, -0.15) is 0 Å². The van der Waals surface area contributed by atoms with Gasteiger partial charge in [0.2, 0.25) is 15.9 Å². The van der Waals surface area contributed by atoms with Gasteiger partial charge in [0.05, 0.1) is 4.90 Å². The van der Waals surface area contributed by atoms with Crippen molar-refractivity contribution in [1.29, 1.82) is 0 Å². The van der Waals surface area contributed by atoms with Crippen LogP contribution in [0.1, 0.15) is 24.5 Å². The Bertz CT molecular complexity index is 929. The fraction of sp³-hybridized carbons (Fsp3) is 0.381. The maximum absolute atomic E-state index is 12.6. The maximum atomic E-state index is 12.6. The highest BCUT2D eigenvalue weighted by Crippen LogP contribution is 2.30. The fourth-order valence-electron chi connectivity index (χ4n) is 3.42. The Kier molecular flexibility index (Phi) is 6.49. The quantitative estimate of drug-likeness (QED) is 0.737. The van der Waals surface area contributed by atoms with E-state index in [1.807, 2.05) is 32.2 Å².